The number of carbonyl (C=O) groups excluding carboxylic acids is 4. The molecule has 5 aliphatic rings. The third-order valence-corrected chi connectivity index (χ3v) is 12.7. The Morgan fingerprint density at radius 2 is 1.82 bits per heavy atom. The summed E-state index contributed by atoms with van der Waals surface area (Å²) in [6, 6.07) is 0. The highest BCUT2D eigenvalue weighted by Crippen LogP contribution is 2.87. The molecule has 2 spiro atoms. The number of allylic oxidation sites excluding steroid dienone is 2. The smallest absolute Gasteiger partial charge is 0.303 e. The van der Waals surface area contributed by atoms with Gasteiger partial charge in [-0.05, 0) is 90.1 Å². The van der Waals surface area contributed by atoms with Gasteiger partial charge in [0.15, 0.2) is 17.7 Å². The van der Waals surface area contributed by atoms with Gasteiger partial charge in [-0.1, -0.05) is 40.3 Å². The Labute approximate surface area is 238 Å². The highest BCUT2D eigenvalue weighted by molar-refractivity contribution is 5.99. The van der Waals surface area contributed by atoms with Crippen LogP contribution in [0.3, 0.4) is 0 Å². The molecular weight excluding hydrogens is 508 g/mol. The van der Waals surface area contributed by atoms with Crippen LogP contribution in [0.4, 0.5) is 0 Å². The molecule has 0 saturated heterocycles. The third kappa shape index (κ3) is 3.93. The van der Waals surface area contributed by atoms with Gasteiger partial charge in [0.05, 0.1) is 0 Å². The summed E-state index contributed by atoms with van der Waals surface area (Å²) in [7, 11) is 0. The van der Waals surface area contributed by atoms with Crippen molar-refractivity contribution in [2.45, 2.75) is 98.7 Å². The van der Waals surface area contributed by atoms with Gasteiger partial charge < -0.3 is 14.6 Å². The topological polar surface area (TPSA) is 107 Å². The van der Waals surface area contributed by atoms with Crippen molar-refractivity contribution >= 4 is 23.5 Å². The van der Waals surface area contributed by atoms with Crippen LogP contribution in [-0.4, -0.2) is 47.4 Å². The zero-order chi connectivity index (χ0) is 29.4. The lowest BCUT2D eigenvalue weighted by molar-refractivity contribution is -0.159. The number of Topliss-reactive ketones (excluding diaryl/α,β-unsaturated/α-hetero) is 1. The normalized spacial score (nSPS) is 44.3. The average Bonchev–Trinajstić information content (AvgIpc) is 3.51. The van der Waals surface area contributed by atoms with Crippen molar-refractivity contribution in [2.24, 2.45) is 51.2 Å². The number of carbonyl (C=O) groups is 4. The zero-order valence-electron chi connectivity index (χ0n) is 25.0. The molecule has 0 aliphatic heterocycles. The molecule has 1 N–H and O–H groups in total. The second-order valence-corrected chi connectivity index (χ2v) is 14.2. The van der Waals surface area contributed by atoms with E-state index in [2.05, 4.69) is 33.4 Å². The minimum absolute atomic E-state index is 0.0569. The predicted octanol–water partition coefficient (Wildman–Crippen LogP) is 5.00. The predicted molar refractivity (Wildman–Crippen MR) is 149 cm³/mol. The number of fused-ring (bicyclic) bond motifs is 2. The summed E-state index contributed by atoms with van der Waals surface area (Å²) in [5.74, 6) is -0.803. The number of ketones is 2. The highest BCUT2D eigenvalue weighted by atomic mass is 16.6. The molecule has 7 heteroatoms. The molecule has 11 atom stereocenters. The van der Waals surface area contributed by atoms with Crippen LogP contribution in [0.2, 0.25) is 0 Å². The molecule has 4 fully saturated rings. The maximum atomic E-state index is 13.5. The van der Waals surface area contributed by atoms with E-state index in [0.717, 1.165) is 32.1 Å². The molecule has 0 aromatic heterocycles. The molecule has 0 amide bonds. The van der Waals surface area contributed by atoms with Crippen LogP contribution in [0, 0.1) is 51.2 Å². The summed E-state index contributed by atoms with van der Waals surface area (Å²) in [5.41, 5.74) is 0.0695. The lowest BCUT2D eigenvalue weighted by Crippen LogP contribution is -2.55. The minimum Gasteiger partial charge on any atom is -0.462 e. The molecule has 5 rings (SSSR count). The number of hydrogen-bond donors (Lipinski definition) is 1. The summed E-state index contributed by atoms with van der Waals surface area (Å²) < 4.78 is 11.6. The van der Waals surface area contributed by atoms with E-state index >= 15 is 0 Å². The Morgan fingerprint density at radius 3 is 2.45 bits per heavy atom. The second-order valence-electron chi connectivity index (χ2n) is 14.2. The van der Waals surface area contributed by atoms with E-state index in [-0.39, 0.29) is 69.6 Å². The molecule has 0 heterocycles. The summed E-state index contributed by atoms with van der Waals surface area (Å²) >= 11 is 0. The Kier molecular flexibility index (Phi) is 7.04. The van der Waals surface area contributed by atoms with E-state index in [4.69, 9.17) is 9.47 Å². The molecular formula is C33H46O7. The fourth-order valence-corrected chi connectivity index (χ4v) is 10.4. The molecule has 11 unspecified atom stereocenters. The molecule has 4 saturated carbocycles. The van der Waals surface area contributed by atoms with E-state index in [0.29, 0.717) is 18.3 Å². The van der Waals surface area contributed by atoms with Gasteiger partial charge in [-0.25, -0.2) is 0 Å². The van der Waals surface area contributed by atoms with Crippen molar-refractivity contribution in [1.82, 2.24) is 0 Å². The molecule has 220 valence electrons. The van der Waals surface area contributed by atoms with Gasteiger partial charge in [0.1, 0.15) is 6.10 Å². The van der Waals surface area contributed by atoms with Gasteiger partial charge in [-0.3, -0.25) is 19.2 Å². The van der Waals surface area contributed by atoms with Crippen molar-refractivity contribution in [2.75, 3.05) is 6.61 Å². The number of aliphatic hydroxyl groups is 1. The van der Waals surface area contributed by atoms with Crippen LogP contribution in [0.15, 0.2) is 24.3 Å². The summed E-state index contributed by atoms with van der Waals surface area (Å²) in [6.45, 7) is 14.9. The third-order valence-electron chi connectivity index (χ3n) is 12.7. The van der Waals surface area contributed by atoms with Crippen molar-refractivity contribution in [3.63, 3.8) is 0 Å². The fraction of sp³-hybridized carbons (Fsp3) is 0.758. The van der Waals surface area contributed by atoms with Crippen molar-refractivity contribution in [3.05, 3.63) is 24.3 Å². The highest BCUT2D eigenvalue weighted by Gasteiger charge is 2.81. The Hall–Kier alpha value is -2.28. The van der Waals surface area contributed by atoms with Crippen LogP contribution >= 0.6 is 0 Å². The second kappa shape index (κ2) is 9.64. The van der Waals surface area contributed by atoms with Gasteiger partial charge in [0, 0.05) is 38.2 Å². The van der Waals surface area contributed by atoms with Crippen molar-refractivity contribution in [1.29, 1.82) is 0 Å². The van der Waals surface area contributed by atoms with Crippen LogP contribution < -0.4 is 0 Å². The van der Waals surface area contributed by atoms with Gasteiger partial charge in [0.25, 0.3) is 0 Å². The van der Waals surface area contributed by atoms with Crippen LogP contribution in [0.25, 0.3) is 0 Å². The van der Waals surface area contributed by atoms with E-state index in [1.807, 2.05) is 6.08 Å². The number of ether oxygens (including phenoxy) is 2. The van der Waals surface area contributed by atoms with Crippen molar-refractivity contribution < 1.29 is 33.8 Å². The quantitative estimate of drug-likeness (QED) is 0.332. The molecule has 0 aromatic carbocycles. The molecule has 5 aliphatic carbocycles. The monoisotopic (exact) mass is 554 g/mol. The van der Waals surface area contributed by atoms with E-state index in [1.165, 1.54) is 13.8 Å². The van der Waals surface area contributed by atoms with Crippen LogP contribution in [0.5, 0.6) is 0 Å². The minimum atomic E-state index is -1.05. The van der Waals surface area contributed by atoms with Gasteiger partial charge in [-0.15, -0.1) is 0 Å². The summed E-state index contributed by atoms with van der Waals surface area (Å²) in [5, 5.41) is 9.62. The Balaban J connectivity index is 1.50. The summed E-state index contributed by atoms with van der Waals surface area (Å²) in [4.78, 5) is 50.6. The average molecular weight is 555 g/mol. The first-order chi connectivity index (χ1) is 18.7. The molecule has 0 aromatic rings. The first-order valence-corrected chi connectivity index (χ1v) is 15.1. The standard InChI is InChI=1S/C33H46O7/c1-18(16-34)19(2)29(38)26(39-21(4)35)14-24-27(40-22(5)36)15-31(7)28-9-8-23-20(3)25(37)10-11-32(23)17-33(28,32)13-12-30(24,31)6/h10-11,18,20,23-24,26-28,34H,2,8-9,12-17H2,1,3-7H3. The summed E-state index contributed by atoms with van der Waals surface area (Å²) in [6.07, 6.45) is 8.72. The van der Waals surface area contributed by atoms with E-state index in [9.17, 15) is 24.3 Å². The largest absolute Gasteiger partial charge is 0.462 e. The maximum Gasteiger partial charge on any atom is 0.303 e. The molecule has 40 heavy (non-hydrogen) atoms. The number of hydrogen-bond acceptors (Lipinski definition) is 7. The first kappa shape index (κ1) is 29.2. The SMILES string of the molecule is C=C(C(=O)C(CC1C(OC(C)=O)CC2(C)C3CCC4C(C)C(=O)C=CC45CC35CCC12C)OC(C)=O)C(C)CO. The lowest BCUT2D eigenvalue weighted by Gasteiger charge is -2.60. The van der Waals surface area contributed by atoms with Gasteiger partial charge in [-0.2, -0.15) is 0 Å². The Bertz CT molecular complexity index is 1170. The lowest BCUT2D eigenvalue weighted by atomic mass is 9.43. The molecule has 7 nitrogen and oxygen atoms in total. The van der Waals surface area contributed by atoms with E-state index < -0.39 is 24.1 Å². The van der Waals surface area contributed by atoms with Crippen LogP contribution in [-0.2, 0) is 28.7 Å². The number of esters is 2. The Morgan fingerprint density at radius 1 is 1.12 bits per heavy atom. The first-order valence-electron chi connectivity index (χ1n) is 15.1. The van der Waals surface area contributed by atoms with Gasteiger partial charge >= 0.3 is 11.9 Å². The van der Waals surface area contributed by atoms with Crippen molar-refractivity contribution in [3.8, 4) is 0 Å². The van der Waals surface area contributed by atoms with E-state index in [1.54, 1.807) is 6.92 Å². The molecule has 0 bridgehead atoms. The fourth-order valence-electron chi connectivity index (χ4n) is 10.4. The van der Waals surface area contributed by atoms with Gasteiger partial charge in [0.2, 0.25) is 0 Å². The zero-order valence-corrected chi connectivity index (χ0v) is 25.0. The van der Waals surface area contributed by atoms with Crippen LogP contribution in [0.1, 0.15) is 86.5 Å². The molecule has 0 radical (unpaired) electrons. The number of aliphatic hydroxyl groups excluding tert-OH is 1. The number of rotatable bonds is 8. The maximum absolute atomic E-state index is 13.5.